The van der Waals surface area contributed by atoms with Gasteiger partial charge < -0.3 is 15.2 Å². The molecule has 2 N–H and O–H groups in total. The van der Waals surface area contributed by atoms with Gasteiger partial charge in [0, 0.05) is 25.0 Å². The van der Waals surface area contributed by atoms with Crippen LogP contribution in [0, 0.1) is 5.92 Å². The minimum atomic E-state index is 0.133. The third-order valence-corrected chi connectivity index (χ3v) is 5.71. The number of carbonyl (C=O) groups excluding carboxylic acids is 1. The van der Waals surface area contributed by atoms with E-state index in [-0.39, 0.29) is 24.5 Å². The monoisotopic (exact) mass is 331 g/mol. The number of carbonyl (C=O) groups is 1. The van der Waals surface area contributed by atoms with Gasteiger partial charge in [-0.1, -0.05) is 18.9 Å². The SMILES string of the molecule is COc1ccc2c(c1)CCCC2CC(=O)NC1CCCCC1CO. The van der Waals surface area contributed by atoms with Crippen LogP contribution < -0.4 is 10.1 Å². The first-order chi connectivity index (χ1) is 11.7. The molecule has 0 aromatic heterocycles. The Morgan fingerprint density at radius 3 is 2.88 bits per heavy atom. The van der Waals surface area contributed by atoms with Gasteiger partial charge in [-0.2, -0.15) is 0 Å². The highest BCUT2D eigenvalue weighted by Gasteiger charge is 2.28. The van der Waals surface area contributed by atoms with E-state index < -0.39 is 0 Å². The molecular formula is C20H29NO3. The van der Waals surface area contributed by atoms with Crippen molar-refractivity contribution in [3.63, 3.8) is 0 Å². The molecule has 1 fully saturated rings. The van der Waals surface area contributed by atoms with Crippen LogP contribution in [-0.4, -0.2) is 30.8 Å². The van der Waals surface area contributed by atoms with E-state index in [1.165, 1.54) is 11.1 Å². The fraction of sp³-hybridized carbons (Fsp3) is 0.650. The Hall–Kier alpha value is -1.55. The molecule has 4 heteroatoms. The highest BCUT2D eigenvalue weighted by Crippen LogP contribution is 2.36. The van der Waals surface area contributed by atoms with Gasteiger partial charge in [-0.25, -0.2) is 0 Å². The molecule has 3 rings (SSSR count). The highest BCUT2D eigenvalue weighted by atomic mass is 16.5. The molecule has 0 bridgehead atoms. The minimum absolute atomic E-state index is 0.133. The molecule has 1 amide bonds. The van der Waals surface area contributed by atoms with E-state index in [4.69, 9.17) is 4.74 Å². The first kappa shape index (κ1) is 17.3. The second-order valence-corrected chi connectivity index (χ2v) is 7.26. The average Bonchev–Trinajstić information content (AvgIpc) is 2.62. The van der Waals surface area contributed by atoms with Crippen LogP contribution in [0.4, 0.5) is 0 Å². The third kappa shape index (κ3) is 3.92. The molecular weight excluding hydrogens is 302 g/mol. The minimum Gasteiger partial charge on any atom is -0.497 e. The van der Waals surface area contributed by atoms with Gasteiger partial charge in [-0.15, -0.1) is 0 Å². The predicted octanol–water partition coefficient (Wildman–Crippen LogP) is 3.17. The van der Waals surface area contributed by atoms with Crippen LogP contribution in [0.5, 0.6) is 5.75 Å². The average molecular weight is 331 g/mol. The Morgan fingerprint density at radius 1 is 1.25 bits per heavy atom. The summed E-state index contributed by atoms with van der Waals surface area (Å²) < 4.78 is 5.32. The number of hydrogen-bond donors (Lipinski definition) is 2. The lowest BCUT2D eigenvalue weighted by Crippen LogP contribution is -2.43. The molecule has 1 aromatic carbocycles. The van der Waals surface area contributed by atoms with E-state index in [2.05, 4.69) is 17.4 Å². The summed E-state index contributed by atoms with van der Waals surface area (Å²) in [6.07, 6.45) is 8.14. The van der Waals surface area contributed by atoms with Crippen LogP contribution in [0.25, 0.3) is 0 Å². The van der Waals surface area contributed by atoms with Crippen molar-refractivity contribution < 1.29 is 14.6 Å². The topological polar surface area (TPSA) is 58.6 Å². The summed E-state index contributed by atoms with van der Waals surface area (Å²) in [5.74, 6) is 1.56. The highest BCUT2D eigenvalue weighted by molar-refractivity contribution is 5.77. The Balaban J connectivity index is 1.63. The van der Waals surface area contributed by atoms with Crippen LogP contribution in [0.1, 0.15) is 62.0 Å². The first-order valence-corrected chi connectivity index (χ1v) is 9.28. The number of ether oxygens (including phenoxy) is 1. The lowest BCUT2D eigenvalue weighted by atomic mass is 9.80. The number of rotatable bonds is 5. The van der Waals surface area contributed by atoms with Gasteiger partial charge in [0.2, 0.25) is 5.91 Å². The van der Waals surface area contributed by atoms with Crippen LogP contribution in [0.3, 0.4) is 0 Å². The second-order valence-electron chi connectivity index (χ2n) is 7.26. The zero-order chi connectivity index (χ0) is 16.9. The van der Waals surface area contributed by atoms with E-state index >= 15 is 0 Å². The number of nitrogens with one attached hydrogen (secondary N) is 1. The number of hydrogen-bond acceptors (Lipinski definition) is 3. The van der Waals surface area contributed by atoms with Crippen molar-refractivity contribution >= 4 is 5.91 Å². The second kappa shape index (κ2) is 8.02. The van der Waals surface area contributed by atoms with Gasteiger partial charge in [0.05, 0.1) is 7.11 Å². The van der Waals surface area contributed by atoms with Crippen molar-refractivity contribution in [3.05, 3.63) is 29.3 Å². The molecule has 0 spiro atoms. The number of amides is 1. The Kier molecular flexibility index (Phi) is 5.77. The van der Waals surface area contributed by atoms with Crippen molar-refractivity contribution in [2.75, 3.05) is 13.7 Å². The summed E-state index contributed by atoms with van der Waals surface area (Å²) in [5.41, 5.74) is 2.63. The van der Waals surface area contributed by atoms with Crippen molar-refractivity contribution in [2.45, 2.75) is 63.3 Å². The van der Waals surface area contributed by atoms with Gasteiger partial charge >= 0.3 is 0 Å². The van der Waals surface area contributed by atoms with Gasteiger partial charge in [-0.05, 0) is 61.3 Å². The van der Waals surface area contributed by atoms with Gasteiger partial charge in [-0.3, -0.25) is 4.79 Å². The molecule has 0 aliphatic heterocycles. The largest absolute Gasteiger partial charge is 0.497 e. The van der Waals surface area contributed by atoms with Crippen LogP contribution in [0.15, 0.2) is 18.2 Å². The lowest BCUT2D eigenvalue weighted by molar-refractivity contribution is -0.123. The van der Waals surface area contributed by atoms with E-state index in [0.717, 1.165) is 50.7 Å². The van der Waals surface area contributed by atoms with E-state index in [1.54, 1.807) is 7.11 Å². The number of methoxy groups -OCH3 is 1. The fourth-order valence-corrected chi connectivity index (χ4v) is 4.34. The zero-order valence-corrected chi connectivity index (χ0v) is 14.6. The van der Waals surface area contributed by atoms with Crippen LogP contribution in [0.2, 0.25) is 0 Å². The molecule has 3 unspecified atom stereocenters. The van der Waals surface area contributed by atoms with Crippen molar-refractivity contribution in [1.82, 2.24) is 5.32 Å². The van der Waals surface area contributed by atoms with Crippen LogP contribution in [-0.2, 0) is 11.2 Å². The molecule has 2 aliphatic rings. The summed E-state index contributed by atoms with van der Waals surface area (Å²) in [5, 5.41) is 12.7. The molecule has 1 aromatic rings. The van der Waals surface area contributed by atoms with E-state index in [1.807, 2.05) is 6.07 Å². The normalized spacial score (nSPS) is 26.5. The van der Waals surface area contributed by atoms with Gasteiger partial charge in [0.25, 0.3) is 0 Å². The van der Waals surface area contributed by atoms with E-state index in [9.17, 15) is 9.90 Å². The predicted molar refractivity (Wildman–Crippen MR) is 94.3 cm³/mol. The molecule has 0 heterocycles. The van der Waals surface area contributed by atoms with E-state index in [0.29, 0.717) is 12.3 Å². The lowest BCUT2D eigenvalue weighted by Gasteiger charge is -2.32. The number of aliphatic hydroxyl groups is 1. The van der Waals surface area contributed by atoms with Crippen molar-refractivity contribution in [3.8, 4) is 5.75 Å². The summed E-state index contributed by atoms with van der Waals surface area (Å²) in [6, 6.07) is 6.39. The Bertz CT molecular complexity index is 572. The number of aryl methyl sites for hydroxylation is 1. The number of fused-ring (bicyclic) bond motifs is 1. The fourth-order valence-electron chi connectivity index (χ4n) is 4.34. The first-order valence-electron chi connectivity index (χ1n) is 9.28. The molecule has 0 radical (unpaired) electrons. The molecule has 24 heavy (non-hydrogen) atoms. The number of aliphatic hydroxyl groups excluding tert-OH is 1. The maximum absolute atomic E-state index is 12.6. The molecule has 1 saturated carbocycles. The van der Waals surface area contributed by atoms with Gasteiger partial charge in [0.1, 0.15) is 5.75 Å². The van der Waals surface area contributed by atoms with Crippen molar-refractivity contribution in [2.24, 2.45) is 5.92 Å². The van der Waals surface area contributed by atoms with Crippen molar-refractivity contribution in [1.29, 1.82) is 0 Å². The molecule has 0 saturated heterocycles. The summed E-state index contributed by atoms with van der Waals surface area (Å²) in [6.45, 7) is 0.178. The molecule has 2 aliphatic carbocycles. The standard InChI is InChI=1S/C20H29NO3/c1-24-17-9-10-18-14(11-17)6-4-7-15(18)12-20(23)21-19-8-3-2-5-16(19)13-22/h9-11,15-16,19,22H,2-8,12-13H2,1H3,(H,21,23). The quantitative estimate of drug-likeness (QED) is 0.871. The maximum Gasteiger partial charge on any atom is 0.220 e. The summed E-state index contributed by atoms with van der Waals surface area (Å²) >= 11 is 0. The molecule has 132 valence electrons. The van der Waals surface area contributed by atoms with Gasteiger partial charge in [0.15, 0.2) is 0 Å². The summed E-state index contributed by atoms with van der Waals surface area (Å²) in [7, 11) is 1.69. The van der Waals surface area contributed by atoms with Crippen LogP contribution >= 0.6 is 0 Å². The Morgan fingerprint density at radius 2 is 2.08 bits per heavy atom. The molecule has 4 nitrogen and oxygen atoms in total. The smallest absolute Gasteiger partial charge is 0.220 e. The summed E-state index contributed by atoms with van der Waals surface area (Å²) in [4.78, 5) is 12.6. The zero-order valence-electron chi connectivity index (χ0n) is 14.6. The molecule has 3 atom stereocenters. The third-order valence-electron chi connectivity index (χ3n) is 5.71. The number of benzene rings is 1. The maximum atomic E-state index is 12.6. The Labute approximate surface area is 144 Å².